The fourth-order valence-electron chi connectivity index (χ4n) is 2.51. The molecule has 0 radical (unpaired) electrons. The van der Waals surface area contributed by atoms with Crippen LogP contribution in [0, 0.1) is 11.3 Å². The first-order valence-electron chi connectivity index (χ1n) is 7.49. The molecule has 0 saturated carbocycles. The number of pyridine rings is 1. The predicted octanol–water partition coefficient (Wildman–Crippen LogP) is 4.16. The van der Waals surface area contributed by atoms with Crippen LogP contribution in [0.15, 0.2) is 48.7 Å². The largest absolute Gasteiger partial charge is 0.497 e. The van der Waals surface area contributed by atoms with E-state index in [1.807, 2.05) is 42.5 Å². The summed E-state index contributed by atoms with van der Waals surface area (Å²) >= 11 is 0. The molecule has 0 bridgehead atoms. The van der Waals surface area contributed by atoms with Crippen molar-refractivity contribution in [1.29, 1.82) is 5.26 Å². The minimum atomic E-state index is 0. The molecule has 3 aromatic rings. The van der Waals surface area contributed by atoms with Gasteiger partial charge in [0, 0.05) is 24.2 Å². The first-order chi connectivity index (χ1) is 11.7. The Kier molecular flexibility index (Phi) is 6.04. The smallest absolute Gasteiger partial charge is 0.121 e. The second kappa shape index (κ2) is 8.22. The van der Waals surface area contributed by atoms with Gasteiger partial charge in [0.15, 0.2) is 0 Å². The average Bonchev–Trinajstić information content (AvgIpc) is 2.65. The van der Waals surface area contributed by atoms with Gasteiger partial charge in [-0.2, -0.15) is 5.26 Å². The van der Waals surface area contributed by atoms with Crippen molar-refractivity contribution in [1.82, 2.24) is 4.98 Å². The van der Waals surface area contributed by atoms with Crippen LogP contribution in [0.3, 0.4) is 0 Å². The van der Waals surface area contributed by atoms with Crippen LogP contribution in [0.2, 0.25) is 0 Å². The van der Waals surface area contributed by atoms with Crippen molar-refractivity contribution in [3.63, 3.8) is 0 Å². The lowest BCUT2D eigenvalue weighted by molar-refractivity contribution is 0.414. The van der Waals surface area contributed by atoms with E-state index in [1.165, 1.54) is 0 Å². The number of anilines is 1. The van der Waals surface area contributed by atoms with Gasteiger partial charge in [-0.1, -0.05) is 12.1 Å². The molecule has 1 aromatic heterocycles. The molecule has 128 valence electrons. The Balaban J connectivity index is 0.00000225. The molecule has 6 heteroatoms. The molecule has 0 aliphatic heterocycles. The Bertz CT molecular complexity index is 905. The van der Waals surface area contributed by atoms with E-state index < -0.39 is 0 Å². The van der Waals surface area contributed by atoms with Gasteiger partial charge < -0.3 is 14.8 Å². The van der Waals surface area contributed by atoms with Crippen LogP contribution < -0.4 is 14.8 Å². The predicted molar refractivity (Wildman–Crippen MR) is 101 cm³/mol. The van der Waals surface area contributed by atoms with E-state index >= 15 is 0 Å². The van der Waals surface area contributed by atoms with Crippen molar-refractivity contribution in [2.45, 2.75) is 6.54 Å². The number of nitrogens with one attached hydrogen (secondary N) is 1. The number of aromatic nitrogens is 1. The van der Waals surface area contributed by atoms with Crippen LogP contribution in [0.25, 0.3) is 10.9 Å². The highest BCUT2D eigenvalue weighted by Crippen LogP contribution is 2.29. The maximum absolute atomic E-state index is 9.37. The normalized spacial score (nSPS) is 9.80. The fourth-order valence-corrected chi connectivity index (χ4v) is 2.51. The first kappa shape index (κ1) is 18.4. The van der Waals surface area contributed by atoms with Gasteiger partial charge in [-0.05, 0) is 29.8 Å². The molecule has 0 spiro atoms. The second-order valence-corrected chi connectivity index (χ2v) is 5.24. The molecule has 0 aliphatic carbocycles. The molecule has 0 saturated heterocycles. The molecular weight excluding hydrogens is 338 g/mol. The topological polar surface area (TPSA) is 67.2 Å². The molecule has 3 rings (SSSR count). The number of hydrogen-bond donors (Lipinski definition) is 1. The van der Waals surface area contributed by atoms with Crippen molar-refractivity contribution in [2.24, 2.45) is 0 Å². The summed E-state index contributed by atoms with van der Waals surface area (Å²) in [5.41, 5.74) is 3.17. The van der Waals surface area contributed by atoms with Gasteiger partial charge in [-0.25, -0.2) is 0 Å². The standard InChI is InChI=1S/C19H17N3O2.ClH/c1-23-15-5-3-13(4-6-15)11-22-19-14(10-20)12-21-18-9-16(24-2)7-8-17(18)19;/h3-9,12H,11H2,1-2H3,(H,21,22);1H. The molecule has 0 atom stereocenters. The average molecular weight is 356 g/mol. The maximum Gasteiger partial charge on any atom is 0.121 e. The minimum Gasteiger partial charge on any atom is -0.497 e. The lowest BCUT2D eigenvalue weighted by atomic mass is 10.1. The first-order valence-corrected chi connectivity index (χ1v) is 7.49. The zero-order chi connectivity index (χ0) is 16.9. The van der Waals surface area contributed by atoms with E-state index in [0.29, 0.717) is 12.1 Å². The molecule has 0 amide bonds. The van der Waals surface area contributed by atoms with E-state index in [-0.39, 0.29) is 12.4 Å². The lowest BCUT2D eigenvalue weighted by Gasteiger charge is -2.12. The van der Waals surface area contributed by atoms with Crippen LogP contribution in [-0.4, -0.2) is 19.2 Å². The highest BCUT2D eigenvalue weighted by molar-refractivity contribution is 5.94. The van der Waals surface area contributed by atoms with Gasteiger partial charge >= 0.3 is 0 Å². The number of nitrogens with zero attached hydrogens (tertiary/aromatic N) is 2. The Labute approximate surface area is 152 Å². The summed E-state index contributed by atoms with van der Waals surface area (Å²) in [6.07, 6.45) is 1.58. The Morgan fingerprint density at radius 2 is 1.72 bits per heavy atom. The van der Waals surface area contributed by atoms with Gasteiger partial charge in [0.05, 0.1) is 31.0 Å². The Morgan fingerprint density at radius 1 is 1.04 bits per heavy atom. The van der Waals surface area contributed by atoms with Crippen LogP contribution in [0.4, 0.5) is 5.69 Å². The number of benzene rings is 2. The number of halogens is 1. The Morgan fingerprint density at radius 3 is 2.36 bits per heavy atom. The summed E-state index contributed by atoms with van der Waals surface area (Å²) in [6.45, 7) is 0.601. The van der Waals surface area contributed by atoms with E-state index in [0.717, 1.165) is 33.7 Å². The number of rotatable bonds is 5. The molecular formula is C19H18ClN3O2. The van der Waals surface area contributed by atoms with Gasteiger partial charge in [-0.15, -0.1) is 12.4 Å². The number of fused-ring (bicyclic) bond motifs is 1. The molecule has 0 fully saturated rings. The Hall–Kier alpha value is -2.97. The van der Waals surface area contributed by atoms with Crippen molar-refractivity contribution in [2.75, 3.05) is 19.5 Å². The summed E-state index contributed by atoms with van der Waals surface area (Å²) in [4.78, 5) is 4.34. The molecule has 5 nitrogen and oxygen atoms in total. The summed E-state index contributed by atoms with van der Waals surface area (Å²) in [7, 11) is 3.26. The third kappa shape index (κ3) is 3.93. The summed E-state index contributed by atoms with van der Waals surface area (Å²) in [5.74, 6) is 1.55. The zero-order valence-corrected chi connectivity index (χ0v) is 14.8. The third-order valence-corrected chi connectivity index (χ3v) is 3.83. The summed E-state index contributed by atoms with van der Waals surface area (Å²) in [6, 6.07) is 15.6. The number of hydrogen-bond acceptors (Lipinski definition) is 5. The summed E-state index contributed by atoms with van der Waals surface area (Å²) in [5, 5.41) is 13.6. The third-order valence-electron chi connectivity index (χ3n) is 3.83. The SMILES string of the molecule is COc1ccc(CNc2c(C#N)cnc3cc(OC)ccc23)cc1.Cl. The minimum absolute atomic E-state index is 0. The number of nitriles is 1. The molecule has 1 heterocycles. The second-order valence-electron chi connectivity index (χ2n) is 5.24. The highest BCUT2D eigenvalue weighted by Gasteiger charge is 2.09. The van der Waals surface area contributed by atoms with Crippen LogP contribution in [0.1, 0.15) is 11.1 Å². The van der Waals surface area contributed by atoms with Gasteiger partial charge in [0.2, 0.25) is 0 Å². The van der Waals surface area contributed by atoms with Crippen LogP contribution in [0.5, 0.6) is 11.5 Å². The maximum atomic E-state index is 9.37. The van der Waals surface area contributed by atoms with E-state index in [9.17, 15) is 5.26 Å². The van der Waals surface area contributed by atoms with E-state index in [4.69, 9.17) is 9.47 Å². The van der Waals surface area contributed by atoms with Gasteiger partial charge in [0.1, 0.15) is 17.6 Å². The van der Waals surface area contributed by atoms with Crippen molar-refractivity contribution >= 4 is 29.0 Å². The monoisotopic (exact) mass is 355 g/mol. The molecule has 1 N–H and O–H groups in total. The zero-order valence-electron chi connectivity index (χ0n) is 13.9. The van der Waals surface area contributed by atoms with Crippen LogP contribution in [-0.2, 0) is 6.54 Å². The van der Waals surface area contributed by atoms with Gasteiger partial charge in [0.25, 0.3) is 0 Å². The van der Waals surface area contributed by atoms with Crippen molar-refractivity contribution in [3.05, 3.63) is 59.8 Å². The van der Waals surface area contributed by atoms with Crippen LogP contribution >= 0.6 is 12.4 Å². The molecule has 0 unspecified atom stereocenters. The molecule has 2 aromatic carbocycles. The quantitative estimate of drug-likeness (QED) is 0.744. The van der Waals surface area contributed by atoms with Gasteiger partial charge in [-0.3, -0.25) is 4.98 Å². The number of ether oxygens (including phenoxy) is 2. The van der Waals surface area contributed by atoms with Crippen molar-refractivity contribution < 1.29 is 9.47 Å². The molecule has 25 heavy (non-hydrogen) atoms. The number of methoxy groups -OCH3 is 2. The van der Waals surface area contributed by atoms with E-state index in [2.05, 4.69) is 16.4 Å². The van der Waals surface area contributed by atoms with Crippen molar-refractivity contribution in [3.8, 4) is 17.6 Å². The summed E-state index contributed by atoms with van der Waals surface area (Å²) < 4.78 is 10.4. The van der Waals surface area contributed by atoms with E-state index in [1.54, 1.807) is 20.4 Å². The fraction of sp³-hybridized carbons (Fsp3) is 0.158. The molecule has 0 aliphatic rings. The highest BCUT2D eigenvalue weighted by atomic mass is 35.5. The lowest BCUT2D eigenvalue weighted by Crippen LogP contribution is -2.03.